The third kappa shape index (κ3) is 7.03. The summed E-state index contributed by atoms with van der Waals surface area (Å²) >= 11 is 0. The molecule has 0 unspecified atom stereocenters. The van der Waals surface area contributed by atoms with Gasteiger partial charge in [-0.15, -0.1) is 0 Å². The van der Waals surface area contributed by atoms with E-state index >= 15 is 0 Å². The molecule has 3 rings (SSSR count). The summed E-state index contributed by atoms with van der Waals surface area (Å²) in [5.74, 6) is 0.254. The topological polar surface area (TPSA) is 88.2 Å². The summed E-state index contributed by atoms with van der Waals surface area (Å²) in [6.07, 6.45) is 0.511. The lowest BCUT2D eigenvalue weighted by Crippen LogP contribution is -2.45. The maximum atomic E-state index is 13.3. The predicted octanol–water partition coefficient (Wildman–Crippen LogP) is 1.38. The molecule has 9 heteroatoms. The van der Waals surface area contributed by atoms with Crippen molar-refractivity contribution in [3.8, 4) is 5.75 Å². The summed E-state index contributed by atoms with van der Waals surface area (Å²) < 4.78 is 38.3. The molecular weight excluding hydrogens is 430 g/mol. The summed E-state index contributed by atoms with van der Waals surface area (Å²) in [5, 5.41) is 2.85. The standard InChI is InChI=1S/C23H31N3O5S/c1-30-21-7-9-22(10-8-21)32(28,29)26(13-11-20-5-3-2-4-6-20)19-23(27)24-12-14-25-15-17-31-18-16-25/h2-10H,11-19H2,1H3,(H,24,27). The largest absolute Gasteiger partial charge is 0.497 e. The molecule has 0 bridgehead atoms. The Morgan fingerprint density at radius 3 is 2.44 bits per heavy atom. The van der Waals surface area contributed by atoms with Crippen LogP contribution in [0.1, 0.15) is 5.56 Å². The van der Waals surface area contributed by atoms with Gasteiger partial charge in [-0.05, 0) is 36.2 Å². The molecule has 1 amide bonds. The number of carbonyl (C=O) groups is 1. The highest BCUT2D eigenvalue weighted by atomic mass is 32.2. The van der Waals surface area contributed by atoms with Crippen LogP contribution >= 0.6 is 0 Å². The second kappa shape index (κ2) is 12.0. The number of sulfonamides is 1. The number of benzene rings is 2. The first-order chi connectivity index (χ1) is 15.5. The van der Waals surface area contributed by atoms with Gasteiger partial charge in [-0.25, -0.2) is 8.42 Å². The SMILES string of the molecule is COc1ccc(S(=O)(=O)N(CCc2ccccc2)CC(=O)NCCN2CCOCC2)cc1. The normalized spacial score (nSPS) is 14.9. The fourth-order valence-electron chi connectivity index (χ4n) is 3.47. The molecular formula is C23H31N3O5S. The molecule has 1 N–H and O–H groups in total. The first-order valence-electron chi connectivity index (χ1n) is 10.7. The zero-order valence-electron chi connectivity index (χ0n) is 18.4. The summed E-state index contributed by atoms with van der Waals surface area (Å²) in [7, 11) is -2.32. The number of hydrogen-bond acceptors (Lipinski definition) is 6. The Morgan fingerprint density at radius 1 is 1.09 bits per heavy atom. The molecule has 2 aromatic carbocycles. The molecule has 0 aliphatic carbocycles. The van der Waals surface area contributed by atoms with Gasteiger partial charge in [0.1, 0.15) is 5.75 Å². The number of carbonyl (C=O) groups excluding carboxylic acids is 1. The van der Waals surface area contributed by atoms with Crippen LogP contribution in [0.2, 0.25) is 0 Å². The van der Waals surface area contributed by atoms with Gasteiger partial charge in [0.2, 0.25) is 15.9 Å². The monoisotopic (exact) mass is 461 g/mol. The molecule has 0 spiro atoms. The quantitative estimate of drug-likeness (QED) is 0.544. The predicted molar refractivity (Wildman–Crippen MR) is 122 cm³/mol. The molecule has 1 heterocycles. The van der Waals surface area contributed by atoms with Crippen LogP contribution in [0.4, 0.5) is 0 Å². The third-order valence-electron chi connectivity index (χ3n) is 5.36. The maximum Gasteiger partial charge on any atom is 0.243 e. The Labute approximate surface area is 190 Å². The van der Waals surface area contributed by atoms with E-state index in [0.717, 1.165) is 18.7 Å². The fourth-order valence-corrected chi connectivity index (χ4v) is 4.87. The van der Waals surface area contributed by atoms with Crippen LogP contribution in [0, 0.1) is 0 Å². The van der Waals surface area contributed by atoms with Crippen LogP contribution < -0.4 is 10.1 Å². The van der Waals surface area contributed by atoms with E-state index in [1.165, 1.54) is 23.5 Å². The Morgan fingerprint density at radius 2 is 1.78 bits per heavy atom. The van der Waals surface area contributed by atoms with E-state index in [0.29, 0.717) is 38.5 Å². The molecule has 0 atom stereocenters. The van der Waals surface area contributed by atoms with Crippen molar-refractivity contribution in [2.75, 3.05) is 59.6 Å². The Bertz CT molecular complexity index is 945. The maximum absolute atomic E-state index is 13.3. The summed E-state index contributed by atoms with van der Waals surface area (Å²) in [4.78, 5) is 14.9. The number of ether oxygens (including phenoxy) is 2. The van der Waals surface area contributed by atoms with Gasteiger partial charge in [0.05, 0.1) is 31.8 Å². The summed E-state index contributed by atoms with van der Waals surface area (Å²) in [6.45, 7) is 4.22. The van der Waals surface area contributed by atoms with Crippen LogP contribution in [0.3, 0.4) is 0 Å². The van der Waals surface area contributed by atoms with E-state index in [9.17, 15) is 13.2 Å². The van der Waals surface area contributed by atoms with E-state index in [2.05, 4.69) is 10.2 Å². The van der Waals surface area contributed by atoms with Crippen molar-refractivity contribution < 1.29 is 22.7 Å². The van der Waals surface area contributed by atoms with Crippen molar-refractivity contribution in [2.45, 2.75) is 11.3 Å². The lowest BCUT2D eigenvalue weighted by Gasteiger charge is -2.27. The lowest BCUT2D eigenvalue weighted by molar-refractivity contribution is -0.121. The molecule has 0 saturated carbocycles. The van der Waals surface area contributed by atoms with E-state index in [-0.39, 0.29) is 23.9 Å². The van der Waals surface area contributed by atoms with E-state index < -0.39 is 10.0 Å². The second-order valence-electron chi connectivity index (χ2n) is 7.55. The van der Waals surface area contributed by atoms with Gasteiger partial charge < -0.3 is 14.8 Å². The number of rotatable bonds is 11. The number of amides is 1. The van der Waals surface area contributed by atoms with E-state index in [1.54, 1.807) is 12.1 Å². The fraction of sp³-hybridized carbons (Fsp3) is 0.435. The minimum Gasteiger partial charge on any atom is -0.497 e. The lowest BCUT2D eigenvalue weighted by atomic mass is 10.1. The molecule has 1 aliphatic rings. The molecule has 0 aromatic heterocycles. The first-order valence-corrected chi connectivity index (χ1v) is 12.2. The van der Waals surface area contributed by atoms with Gasteiger partial charge in [-0.3, -0.25) is 9.69 Å². The van der Waals surface area contributed by atoms with Crippen molar-refractivity contribution in [1.82, 2.24) is 14.5 Å². The number of hydrogen-bond donors (Lipinski definition) is 1. The van der Waals surface area contributed by atoms with Crippen molar-refractivity contribution in [3.05, 3.63) is 60.2 Å². The van der Waals surface area contributed by atoms with Gasteiger partial charge in [-0.2, -0.15) is 4.31 Å². The molecule has 8 nitrogen and oxygen atoms in total. The highest BCUT2D eigenvalue weighted by Crippen LogP contribution is 2.20. The first kappa shape index (κ1) is 24.2. The molecule has 174 valence electrons. The van der Waals surface area contributed by atoms with Crippen LogP contribution in [-0.2, 0) is 26.0 Å². The number of nitrogens with zero attached hydrogens (tertiary/aromatic N) is 2. The third-order valence-corrected chi connectivity index (χ3v) is 7.22. The zero-order chi connectivity index (χ0) is 22.8. The van der Waals surface area contributed by atoms with Crippen molar-refractivity contribution in [2.24, 2.45) is 0 Å². The van der Waals surface area contributed by atoms with Crippen molar-refractivity contribution in [3.63, 3.8) is 0 Å². The number of nitrogens with one attached hydrogen (secondary N) is 1. The summed E-state index contributed by atoms with van der Waals surface area (Å²) in [5.41, 5.74) is 1.01. The van der Waals surface area contributed by atoms with Crippen LogP contribution in [0.5, 0.6) is 5.75 Å². The van der Waals surface area contributed by atoms with Crippen molar-refractivity contribution >= 4 is 15.9 Å². The van der Waals surface area contributed by atoms with Gasteiger partial charge in [0, 0.05) is 32.7 Å². The second-order valence-corrected chi connectivity index (χ2v) is 9.49. The number of methoxy groups -OCH3 is 1. The van der Waals surface area contributed by atoms with Crippen LogP contribution in [0.15, 0.2) is 59.5 Å². The van der Waals surface area contributed by atoms with Gasteiger partial charge in [0.15, 0.2) is 0 Å². The average molecular weight is 462 g/mol. The molecule has 0 radical (unpaired) electrons. The minimum absolute atomic E-state index is 0.132. The average Bonchev–Trinajstić information content (AvgIpc) is 2.83. The van der Waals surface area contributed by atoms with Gasteiger partial charge >= 0.3 is 0 Å². The highest BCUT2D eigenvalue weighted by molar-refractivity contribution is 7.89. The van der Waals surface area contributed by atoms with Crippen LogP contribution in [-0.4, -0.2) is 83.1 Å². The summed E-state index contributed by atoms with van der Waals surface area (Å²) in [6, 6.07) is 15.8. The smallest absolute Gasteiger partial charge is 0.243 e. The Hall–Kier alpha value is -2.46. The van der Waals surface area contributed by atoms with Gasteiger partial charge in [-0.1, -0.05) is 30.3 Å². The number of morpholine rings is 1. The minimum atomic E-state index is -3.85. The van der Waals surface area contributed by atoms with E-state index in [1.807, 2.05) is 30.3 Å². The van der Waals surface area contributed by atoms with Crippen molar-refractivity contribution in [1.29, 1.82) is 0 Å². The van der Waals surface area contributed by atoms with Crippen LogP contribution in [0.25, 0.3) is 0 Å². The molecule has 32 heavy (non-hydrogen) atoms. The molecule has 1 fully saturated rings. The Balaban J connectivity index is 1.65. The Kier molecular flexibility index (Phi) is 9.04. The highest BCUT2D eigenvalue weighted by Gasteiger charge is 2.26. The molecule has 2 aromatic rings. The molecule has 1 aliphatic heterocycles. The molecule has 1 saturated heterocycles. The zero-order valence-corrected chi connectivity index (χ0v) is 19.2. The van der Waals surface area contributed by atoms with Gasteiger partial charge in [0.25, 0.3) is 0 Å². The van der Waals surface area contributed by atoms with E-state index in [4.69, 9.17) is 9.47 Å².